The fourth-order valence-electron chi connectivity index (χ4n) is 3.14. The van der Waals surface area contributed by atoms with Crippen LogP contribution in [-0.4, -0.2) is 35.6 Å². The van der Waals surface area contributed by atoms with Crippen LogP contribution in [0.4, 0.5) is 0 Å². The number of nitrogens with one attached hydrogen (secondary N) is 1. The van der Waals surface area contributed by atoms with Gasteiger partial charge in [-0.05, 0) is 37.9 Å². The number of piperidine rings is 1. The molecule has 0 spiro atoms. The minimum absolute atomic E-state index is 0.461. The molecular weight excluding hydrogens is 269 g/mol. The Morgan fingerprint density at radius 1 is 1.33 bits per heavy atom. The summed E-state index contributed by atoms with van der Waals surface area (Å²) < 4.78 is 0. The SMILES string of the molecule is Clc1ccc(CN2CCCC3CNCC32)c(Cl)n1. The van der Waals surface area contributed by atoms with E-state index in [4.69, 9.17) is 23.2 Å². The Labute approximate surface area is 117 Å². The van der Waals surface area contributed by atoms with Crippen molar-refractivity contribution in [2.24, 2.45) is 5.92 Å². The molecule has 2 atom stereocenters. The van der Waals surface area contributed by atoms with Gasteiger partial charge in [-0.1, -0.05) is 29.3 Å². The van der Waals surface area contributed by atoms with Crippen molar-refractivity contribution < 1.29 is 0 Å². The molecule has 3 heterocycles. The number of pyridine rings is 1. The molecule has 5 heteroatoms. The minimum atomic E-state index is 0.461. The van der Waals surface area contributed by atoms with Crippen LogP contribution in [0.1, 0.15) is 18.4 Å². The maximum atomic E-state index is 6.15. The number of aromatic nitrogens is 1. The highest BCUT2D eigenvalue weighted by Gasteiger charge is 2.34. The summed E-state index contributed by atoms with van der Waals surface area (Å²) in [6.07, 6.45) is 2.63. The van der Waals surface area contributed by atoms with Crippen molar-refractivity contribution in [1.29, 1.82) is 0 Å². The molecule has 1 aromatic rings. The summed E-state index contributed by atoms with van der Waals surface area (Å²) in [4.78, 5) is 6.65. The third-order valence-corrected chi connectivity index (χ3v) is 4.60. The van der Waals surface area contributed by atoms with E-state index < -0.39 is 0 Å². The van der Waals surface area contributed by atoms with Crippen LogP contribution in [0.5, 0.6) is 0 Å². The predicted octanol–water partition coefficient (Wildman–Crippen LogP) is 2.57. The lowest BCUT2D eigenvalue weighted by Crippen LogP contribution is -2.44. The predicted molar refractivity (Wildman–Crippen MR) is 74.0 cm³/mol. The van der Waals surface area contributed by atoms with E-state index in [9.17, 15) is 0 Å². The van der Waals surface area contributed by atoms with Gasteiger partial charge in [0, 0.05) is 24.7 Å². The van der Waals surface area contributed by atoms with Crippen LogP contribution in [0.15, 0.2) is 12.1 Å². The number of likely N-dealkylation sites (tertiary alicyclic amines) is 1. The number of halogens is 2. The van der Waals surface area contributed by atoms with Gasteiger partial charge in [0.2, 0.25) is 0 Å². The van der Waals surface area contributed by atoms with Gasteiger partial charge in [0.25, 0.3) is 0 Å². The molecule has 0 saturated carbocycles. The van der Waals surface area contributed by atoms with E-state index in [0.717, 1.165) is 37.7 Å². The lowest BCUT2D eigenvalue weighted by atomic mass is 9.92. The monoisotopic (exact) mass is 285 g/mol. The first-order chi connectivity index (χ1) is 8.74. The first-order valence-electron chi connectivity index (χ1n) is 6.50. The molecule has 3 nitrogen and oxygen atoms in total. The molecule has 18 heavy (non-hydrogen) atoms. The molecule has 98 valence electrons. The first-order valence-corrected chi connectivity index (χ1v) is 7.25. The molecule has 1 aromatic heterocycles. The Morgan fingerprint density at radius 2 is 2.22 bits per heavy atom. The van der Waals surface area contributed by atoms with E-state index in [2.05, 4.69) is 15.2 Å². The standard InChI is InChI=1S/C13H17Cl2N3/c14-12-4-3-10(13(15)17-12)8-18-5-1-2-9-6-16-7-11(9)18/h3-4,9,11,16H,1-2,5-8H2. The fourth-order valence-corrected chi connectivity index (χ4v) is 3.54. The fraction of sp³-hybridized carbons (Fsp3) is 0.615. The third-order valence-electron chi connectivity index (χ3n) is 4.06. The first kappa shape index (κ1) is 12.7. The zero-order valence-electron chi connectivity index (χ0n) is 10.2. The highest BCUT2D eigenvalue weighted by Crippen LogP contribution is 2.29. The lowest BCUT2D eigenvalue weighted by Gasteiger charge is -2.37. The molecule has 2 unspecified atom stereocenters. The Hall–Kier alpha value is -0.350. The van der Waals surface area contributed by atoms with E-state index in [1.807, 2.05) is 12.1 Å². The molecule has 0 aliphatic carbocycles. The van der Waals surface area contributed by atoms with Crippen LogP contribution in [-0.2, 0) is 6.54 Å². The maximum absolute atomic E-state index is 6.15. The van der Waals surface area contributed by atoms with Gasteiger partial charge < -0.3 is 5.32 Å². The average Bonchev–Trinajstić information content (AvgIpc) is 2.82. The molecule has 1 N–H and O–H groups in total. The van der Waals surface area contributed by atoms with Crippen molar-refractivity contribution in [2.75, 3.05) is 19.6 Å². The van der Waals surface area contributed by atoms with Crippen molar-refractivity contribution >= 4 is 23.2 Å². The van der Waals surface area contributed by atoms with E-state index in [1.54, 1.807) is 0 Å². The van der Waals surface area contributed by atoms with Crippen molar-refractivity contribution in [3.63, 3.8) is 0 Å². The van der Waals surface area contributed by atoms with Gasteiger partial charge in [0.15, 0.2) is 0 Å². The topological polar surface area (TPSA) is 28.2 Å². The summed E-state index contributed by atoms with van der Waals surface area (Å²) in [7, 11) is 0. The second-order valence-corrected chi connectivity index (χ2v) is 5.93. The van der Waals surface area contributed by atoms with Gasteiger partial charge in [-0.15, -0.1) is 0 Å². The van der Waals surface area contributed by atoms with Crippen molar-refractivity contribution in [3.05, 3.63) is 28.0 Å². The summed E-state index contributed by atoms with van der Waals surface area (Å²) in [5.41, 5.74) is 1.08. The number of rotatable bonds is 2. The van der Waals surface area contributed by atoms with Crippen LogP contribution in [0.25, 0.3) is 0 Å². The van der Waals surface area contributed by atoms with Crippen LogP contribution < -0.4 is 5.32 Å². The summed E-state index contributed by atoms with van der Waals surface area (Å²) in [5, 5.41) is 4.49. The molecule has 2 aliphatic heterocycles. The number of fused-ring (bicyclic) bond motifs is 1. The van der Waals surface area contributed by atoms with Crippen LogP contribution in [0, 0.1) is 5.92 Å². The molecule has 2 aliphatic rings. The van der Waals surface area contributed by atoms with E-state index >= 15 is 0 Å². The minimum Gasteiger partial charge on any atom is -0.315 e. The Kier molecular flexibility index (Phi) is 3.76. The second kappa shape index (κ2) is 5.33. The molecule has 2 saturated heterocycles. The van der Waals surface area contributed by atoms with Crippen LogP contribution in [0.3, 0.4) is 0 Å². The van der Waals surface area contributed by atoms with Crippen LogP contribution >= 0.6 is 23.2 Å². The van der Waals surface area contributed by atoms with Gasteiger partial charge in [0.05, 0.1) is 0 Å². The lowest BCUT2D eigenvalue weighted by molar-refractivity contribution is 0.117. The Morgan fingerprint density at radius 3 is 3.06 bits per heavy atom. The maximum Gasteiger partial charge on any atom is 0.135 e. The summed E-state index contributed by atoms with van der Waals surface area (Å²) >= 11 is 12.0. The second-order valence-electron chi connectivity index (χ2n) is 5.18. The van der Waals surface area contributed by atoms with Crippen LogP contribution in [0.2, 0.25) is 10.3 Å². The zero-order chi connectivity index (χ0) is 12.5. The number of nitrogens with zero attached hydrogens (tertiary/aromatic N) is 2. The van der Waals surface area contributed by atoms with E-state index in [-0.39, 0.29) is 0 Å². The van der Waals surface area contributed by atoms with E-state index in [0.29, 0.717) is 16.3 Å². The molecular formula is C13H17Cl2N3. The van der Waals surface area contributed by atoms with Crippen molar-refractivity contribution in [1.82, 2.24) is 15.2 Å². The smallest absolute Gasteiger partial charge is 0.135 e. The Balaban J connectivity index is 1.75. The molecule has 2 fully saturated rings. The van der Waals surface area contributed by atoms with E-state index in [1.165, 1.54) is 12.8 Å². The normalized spacial score (nSPS) is 28.3. The van der Waals surface area contributed by atoms with Crippen molar-refractivity contribution in [3.8, 4) is 0 Å². The summed E-state index contributed by atoms with van der Waals surface area (Å²) in [6, 6.07) is 4.46. The molecule has 0 bridgehead atoms. The number of hydrogen-bond donors (Lipinski definition) is 1. The highest BCUT2D eigenvalue weighted by molar-refractivity contribution is 6.32. The Bertz CT molecular complexity index is 438. The average molecular weight is 286 g/mol. The summed E-state index contributed by atoms with van der Waals surface area (Å²) in [6.45, 7) is 4.30. The number of hydrogen-bond acceptors (Lipinski definition) is 3. The summed E-state index contributed by atoms with van der Waals surface area (Å²) in [5.74, 6) is 0.804. The van der Waals surface area contributed by atoms with Gasteiger partial charge in [-0.25, -0.2) is 4.98 Å². The molecule has 3 rings (SSSR count). The quantitative estimate of drug-likeness (QED) is 0.847. The van der Waals surface area contributed by atoms with Gasteiger partial charge in [-0.3, -0.25) is 4.90 Å². The van der Waals surface area contributed by atoms with Crippen molar-refractivity contribution in [2.45, 2.75) is 25.4 Å². The zero-order valence-corrected chi connectivity index (χ0v) is 11.7. The molecule has 0 aromatic carbocycles. The largest absolute Gasteiger partial charge is 0.315 e. The molecule has 0 radical (unpaired) electrons. The highest BCUT2D eigenvalue weighted by atomic mass is 35.5. The van der Waals surface area contributed by atoms with Gasteiger partial charge in [0.1, 0.15) is 10.3 Å². The third kappa shape index (κ3) is 2.50. The molecule has 0 amide bonds. The van der Waals surface area contributed by atoms with Gasteiger partial charge >= 0.3 is 0 Å². The van der Waals surface area contributed by atoms with Gasteiger partial charge in [-0.2, -0.15) is 0 Å².